The van der Waals surface area contributed by atoms with Gasteiger partial charge in [0.1, 0.15) is 0 Å². The molecule has 0 atom stereocenters. The highest BCUT2D eigenvalue weighted by Gasteiger charge is 2.41. The molecule has 64 heavy (non-hydrogen) atoms. The Labute approximate surface area is 372 Å². The van der Waals surface area contributed by atoms with Gasteiger partial charge in [0.2, 0.25) is 20.0 Å². The summed E-state index contributed by atoms with van der Waals surface area (Å²) in [6, 6.07) is 18.0. The molecule has 0 amide bonds. The van der Waals surface area contributed by atoms with E-state index in [0.717, 1.165) is 67.5 Å². The van der Waals surface area contributed by atoms with Gasteiger partial charge >= 0.3 is 12.4 Å². The van der Waals surface area contributed by atoms with Crippen molar-refractivity contribution in [3.63, 3.8) is 0 Å². The Bertz CT molecular complexity index is 2660. The van der Waals surface area contributed by atoms with Gasteiger partial charge in [0.15, 0.2) is 21.9 Å². The molecule has 2 aromatic heterocycles. The Morgan fingerprint density at radius 2 is 0.922 bits per heavy atom. The summed E-state index contributed by atoms with van der Waals surface area (Å²) in [6.07, 6.45) is -9.53. The summed E-state index contributed by atoms with van der Waals surface area (Å²) in [7, 11) is -8.59. The molecule has 0 spiro atoms. The van der Waals surface area contributed by atoms with Crippen LogP contribution in [0.15, 0.2) is 105 Å². The molecule has 8 rings (SSSR count). The average Bonchev–Trinajstić information content (AvgIpc) is 3.97. The van der Waals surface area contributed by atoms with Crippen LogP contribution in [-0.4, -0.2) is 87.8 Å². The third kappa shape index (κ3) is 10.1. The SMILES string of the molecule is Cc1ccc(-c2csc(N3CCN(S(=O)(=O)c4ccccc4C(F)(F)F)CC3)n2)cc1C.O=S(=O)(c1ccccc1C(F)(F)F)N1CCN(c2nc(-c3ccc(F)c(F)c3)cs2)CC1. The molecule has 0 radical (unpaired) electrons. The van der Waals surface area contributed by atoms with E-state index in [1.54, 1.807) is 10.3 Å². The lowest BCUT2D eigenvalue weighted by atomic mass is 10.1. The number of aryl methyl sites for hydroxylation is 2. The highest BCUT2D eigenvalue weighted by molar-refractivity contribution is 7.89. The lowest BCUT2D eigenvalue weighted by molar-refractivity contribution is -0.140. The second kappa shape index (κ2) is 18.5. The van der Waals surface area contributed by atoms with Gasteiger partial charge in [-0.1, -0.05) is 36.4 Å². The molecule has 2 aliphatic rings. The number of anilines is 2. The molecule has 0 aliphatic carbocycles. The molecule has 0 N–H and O–H groups in total. The van der Waals surface area contributed by atoms with Gasteiger partial charge in [-0.2, -0.15) is 35.0 Å². The molecule has 2 saturated heterocycles. The summed E-state index contributed by atoms with van der Waals surface area (Å²) >= 11 is 2.72. The Morgan fingerprint density at radius 3 is 1.33 bits per heavy atom. The van der Waals surface area contributed by atoms with Crippen LogP contribution >= 0.6 is 22.7 Å². The second-order valence-electron chi connectivity index (χ2n) is 14.7. The first-order valence-corrected chi connectivity index (χ1v) is 24.1. The van der Waals surface area contributed by atoms with Crippen molar-refractivity contribution >= 4 is 53.0 Å². The van der Waals surface area contributed by atoms with Crippen LogP contribution in [0.2, 0.25) is 0 Å². The van der Waals surface area contributed by atoms with Crippen LogP contribution in [0.25, 0.3) is 22.5 Å². The van der Waals surface area contributed by atoms with Crippen LogP contribution in [0.3, 0.4) is 0 Å². The standard InChI is InChI=1S/C22H22F3N3O2S2.C20H16F5N3O2S2/c1-15-7-8-17(13-16(15)2)19-14-31-21(26-19)27-9-11-28(12-10-27)32(29,30)20-6-4-3-5-18(20)22(23,24)25;21-15-6-5-13(11-16(15)22)17-12-31-19(26-17)27-7-9-28(10-8-27)32(29,30)18-4-2-1-3-14(18)20(23,24)25/h3-8,13-14H,9-12H2,1-2H3;1-6,11-12H,7-10H2. The van der Waals surface area contributed by atoms with Crippen LogP contribution < -0.4 is 9.80 Å². The normalized spacial score (nSPS) is 15.8. The summed E-state index contributed by atoms with van der Waals surface area (Å²) in [5.41, 5.74) is 2.75. The molecular weight excluding hydrogens is 933 g/mol. The quantitative estimate of drug-likeness (QED) is 0.139. The predicted octanol–water partition coefficient (Wildman–Crippen LogP) is 9.57. The monoisotopic (exact) mass is 970 g/mol. The van der Waals surface area contributed by atoms with Crippen molar-refractivity contribution in [2.45, 2.75) is 36.0 Å². The summed E-state index contributed by atoms with van der Waals surface area (Å²) in [5, 5.41) is 4.95. The highest BCUT2D eigenvalue weighted by Crippen LogP contribution is 2.38. The fourth-order valence-electron chi connectivity index (χ4n) is 7.01. The van der Waals surface area contributed by atoms with Crippen LogP contribution in [0, 0.1) is 25.5 Å². The molecule has 2 fully saturated rings. The molecular formula is C42H38F8N6O4S4. The number of piperazine rings is 2. The number of thiazole rings is 2. The van der Waals surface area contributed by atoms with Gasteiger partial charge in [-0.05, 0) is 73.5 Å². The summed E-state index contributed by atoms with van der Waals surface area (Å²) in [5.74, 6) is -1.95. The van der Waals surface area contributed by atoms with E-state index in [1.165, 1.54) is 58.1 Å². The van der Waals surface area contributed by atoms with Gasteiger partial charge in [0, 0.05) is 74.2 Å². The third-order valence-corrected chi connectivity index (χ3v) is 16.4. The fraction of sp³-hybridized carbons (Fsp3) is 0.286. The minimum absolute atomic E-state index is 0.0192. The van der Waals surface area contributed by atoms with Gasteiger partial charge in [-0.15, -0.1) is 22.7 Å². The van der Waals surface area contributed by atoms with Gasteiger partial charge < -0.3 is 9.80 Å². The van der Waals surface area contributed by atoms with Crippen LogP contribution in [-0.2, 0) is 32.4 Å². The van der Waals surface area contributed by atoms with Crippen molar-refractivity contribution in [1.29, 1.82) is 0 Å². The number of aromatic nitrogens is 2. The number of nitrogens with zero attached hydrogens (tertiary/aromatic N) is 6. The number of rotatable bonds is 8. The molecule has 340 valence electrons. The maximum atomic E-state index is 13.5. The summed E-state index contributed by atoms with van der Waals surface area (Å²) in [4.78, 5) is 11.4. The van der Waals surface area contributed by atoms with Gasteiger partial charge in [0.05, 0.1) is 32.3 Å². The summed E-state index contributed by atoms with van der Waals surface area (Å²) < 4.78 is 160. The van der Waals surface area contributed by atoms with E-state index in [2.05, 4.69) is 11.1 Å². The van der Waals surface area contributed by atoms with Crippen molar-refractivity contribution in [2.75, 3.05) is 62.2 Å². The topological polar surface area (TPSA) is 107 Å². The minimum Gasteiger partial charge on any atom is -0.345 e. The zero-order valence-electron chi connectivity index (χ0n) is 33.9. The third-order valence-electron chi connectivity index (χ3n) is 10.6. The van der Waals surface area contributed by atoms with Crippen molar-refractivity contribution in [1.82, 2.24) is 18.6 Å². The van der Waals surface area contributed by atoms with E-state index in [-0.39, 0.29) is 39.3 Å². The zero-order valence-corrected chi connectivity index (χ0v) is 37.1. The number of alkyl halides is 6. The van der Waals surface area contributed by atoms with Crippen molar-refractivity contribution in [2.24, 2.45) is 0 Å². The van der Waals surface area contributed by atoms with Crippen LogP contribution in [0.4, 0.5) is 45.4 Å². The first kappa shape index (κ1) is 47.0. The van der Waals surface area contributed by atoms with Crippen molar-refractivity contribution < 1.29 is 52.0 Å². The Balaban J connectivity index is 0.000000191. The molecule has 0 saturated carbocycles. The van der Waals surface area contributed by atoms with E-state index in [0.29, 0.717) is 29.5 Å². The second-order valence-corrected chi connectivity index (χ2v) is 20.2. The lowest BCUT2D eigenvalue weighted by Gasteiger charge is -2.34. The van der Waals surface area contributed by atoms with E-state index >= 15 is 0 Å². The first-order chi connectivity index (χ1) is 30.1. The Morgan fingerprint density at radius 1 is 0.516 bits per heavy atom. The van der Waals surface area contributed by atoms with E-state index in [1.807, 2.05) is 36.3 Å². The van der Waals surface area contributed by atoms with Gasteiger partial charge in [0.25, 0.3) is 0 Å². The first-order valence-electron chi connectivity index (χ1n) is 19.4. The fourth-order valence-corrected chi connectivity index (χ4v) is 12.1. The number of sulfonamides is 2. The van der Waals surface area contributed by atoms with Gasteiger partial charge in [-0.3, -0.25) is 0 Å². The van der Waals surface area contributed by atoms with E-state index < -0.39 is 65.0 Å². The molecule has 4 heterocycles. The van der Waals surface area contributed by atoms with E-state index in [4.69, 9.17) is 4.98 Å². The van der Waals surface area contributed by atoms with Crippen LogP contribution in [0.5, 0.6) is 0 Å². The maximum Gasteiger partial charge on any atom is 0.417 e. The molecule has 2 aliphatic heterocycles. The Hall–Kier alpha value is -5.00. The molecule has 4 aromatic carbocycles. The van der Waals surface area contributed by atoms with Crippen LogP contribution in [0.1, 0.15) is 22.3 Å². The number of benzene rings is 4. The predicted molar refractivity (Wildman–Crippen MR) is 229 cm³/mol. The van der Waals surface area contributed by atoms with Crippen molar-refractivity contribution in [3.05, 3.63) is 130 Å². The minimum atomic E-state index is -4.79. The van der Waals surface area contributed by atoms with Gasteiger partial charge in [-0.25, -0.2) is 35.6 Å². The van der Waals surface area contributed by atoms with Crippen molar-refractivity contribution in [3.8, 4) is 22.5 Å². The number of halogens is 8. The maximum absolute atomic E-state index is 13.5. The lowest BCUT2D eigenvalue weighted by Crippen LogP contribution is -2.48. The molecule has 22 heteroatoms. The highest BCUT2D eigenvalue weighted by atomic mass is 32.2. The average molecular weight is 971 g/mol. The Kier molecular flexibility index (Phi) is 13.6. The smallest absolute Gasteiger partial charge is 0.345 e. The largest absolute Gasteiger partial charge is 0.417 e. The molecule has 10 nitrogen and oxygen atoms in total. The summed E-state index contributed by atoms with van der Waals surface area (Å²) in [6.45, 7) is 5.38. The number of hydrogen-bond donors (Lipinski definition) is 0. The molecule has 6 aromatic rings. The number of hydrogen-bond acceptors (Lipinski definition) is 10. The molecule has 0 bridgehead atoms. The molecule has 0 unspecified atom stereocenters. The zero-order chi connectivity index (χ0) is 46.2. The van der Waals surface area contributed by atoms with E-state index in [9.17, 15) is 52.0 Å².